The van der Waals surface area contributed by atoms with E-state index in [1.165, 1.54) is 12.8 Å². The molecule has 0 aromatic carbocycles. The number of hydrogen-bond donors (Lipinski definition) is 0. The molecule has 0 spiro atoms. The Morgan fingerprint density at radius 3 is 2.77 bits per heavy atom. The molecule has 0 aliphatic rings. The number of aryl methyl sites for hydroxylation is 2. The summed E-state index contributed by atoms with van der Waals surface area (Å²) >= 11 is 0. The van der Waals surface area contributed by atoms with E-state index in [1.54, 1.807) is 10.6 Å². The zero-order valence-electron chi connectivity index (χ0n) is 8.42. The molecule has 0 aliphatic heterocycles. The second-order valence-corrected chi connectivity index (χ2v) is 3.44. The molecule has 1 aromatic heterocycles. The van der Waals surface area contributed by atoms with Gasteiger partial charge in [0.25, 0.3) is 5.56 Å². The first-order chi connectivity index (χ1) is 6.24. The first-order valence-corrected chi connectivity index (χ1v) is 4.91. The summed E-state index contributed by atoms with van der Waals surface area (Å²) in [6.07, 6.45) is 5.37. The predicted molar refractivity (Wildman–Crippen MR) is 55.0 cm³/mol. The summed E-state index contributed by atoms with van der Waals surface area (Å²) in [7, 11) is 0. The lowest BCUT2D eigenvalue weighted by atomic mass is 10.2. The van der Waals surface area contributed by atoms with Crippen LogP contribution >= 0.6 is 0 Å². The van der Waals surface area contributed by atoms with Crippen LogP contribution in [0.2, 0.25) is 0 Å². The van der Waals surface area contributed by atoms with Gasteiger partial charge in [0.1, 0.15) is 0 Å². The van der Waals surface area contributed by atoms with Crippen LogP contribution < -0.4 is 5.56 Å². The Morgan fingerprint density at radius 1 is 1.38 bits per heavy atom. The molecule has 2 heteroatoms. The van der Waals surface area contributed by atoms with Crippen molar-refractivity contribution in [3.63, 3.8) is 0 Å². The molecule has 1 rings (SSSR count). The Labute approximate surface area is 79.2 Å². The molecule has 2 nitrogen and oxygen atoms in total. The lowest BCUT2D eigenvalue weighted by Gasteiger charge is -2.04. The summed E-state index contributed by atoms with van der Waals surface area (Å²) in [5.74, 6) is 0. The van der Waals surface area contributed by atoms with Gasteiger partial charge in [-0.3, -0.25) is 4.79 Å². The molecular formula is C11H17NO. The van der Waals surface area contributed by atoms with Gasteiger partial charge < -0.3 is 4.57 Å². The van der Waals surface area contributed by atoms with Crippen LogP contribution in [-0.2, 0) is 6.54 Å². The van der Waals surface area contributed by atoms with Gasteiger partial charge >= 0.3 is 0 Å². The van der Waals surface area contributed by atoms with Gasteiger partial charge in [-0.05, 0) is 25.0 Å². The maximum Gasteiger partial charge on any atom is 0.250 e. The van der Waals surface area contributed by atoms with Gasteiger partial charge in [0.05, 0.1) is 0 Å². The van der Waals surface area contributed by atoms with Crippen molar-refractivity contribution in [1.82, 2.24) is 4.57 Å². The number of nitrogens with zero attached hydrogens (tertiary/aromatic N) is 1. The highest BCUT2D eigenvalue weighted by atomic mass is 16.1. The molecule has 0 fully saturated rings. The fraction of sp³-hybridized carbons (Fsp3) is 0.545. The minimum atomic E-state index is 0.121. The molecule has 0 saturated carbocycles. The Hall–Kier alpha value is -1.05. The third-order valence-electron chi connectivity index (χ3n) is 2.15. The highest BCUT2D eigenvalue weighted by Gasteiger charge is 1.94. The highest BCUT2D eigenvalue weighted by Crippen LogP contribution is 1.97. The van der Waals surface area contributed by atoms with E-state index >= 15 is 0 Å². The third kappa shape index (κ3) is 3.05. The summed E-state index contributed by atoms with van der Waals surface area (Å²) < 4.78 is 1.78. The van der Waals surface area contributed by atoms with Crippen molar-refractivity contribution in [2.24, 2.45) is 0 Å². The second kappa shape index (κ2) is 4.85. The van der Waals surface area contributed by atoms with E-state index in [2.05, 4.69) is 6.92 Å². The average Bonchev–Trinajstić information content (AvgIpc) is 2.09. The molecule has 72 valence electrons. The van der Waals surface area contributed by atoms with Gasteiger partial charge in [-0.15, -0.1) is 0 Å². The molecule has 1 aromatic rings. The van der Waals surface area contributed by atoms with E-state index < -0.39 is 0 Å². The summed E-state index contributed by atoms with van der Waals surface area (Å²) in [5, 5.41) is 0. The fourth-order valence-electron chi connectivity index (χ4n) is 1.32. The van der Waals surface area contributed by atoms with Crippen molar-refractivity contribution in [1.29, 1.82) is 0 Å². The van der Waals surface area contributed by atoms with Gasteiger partial charge in [-0.1, -0.05) is 19.8 Å². The van der Waals surface area contributed by atoms with Crippen LogP contribution in [0, 0.1) is 6.92 Å². The van der Waals surface area contributed by atoms with Crippen molar-refractivity contribution in [3.05, 3.63) is 34.2 Å². The molecule has 13 heavy (non-hydrogen) atoms. The molecule has 0 saturated heterocycles. The van der Waals surface area contributed by atoms with E-state index in [0.29, 0.717) is 0 Å². The first kappa shape index (κ1) is 10.0. The topological polar surface area (TPSA) is 22.0 Å². The van der Waals surface area contributed by atoms with Crippen LogP contribution in [0.4, 0.5) is 0 Å². The minimum absolute atomic E-state index is 0.121. The van der Waals surface area contributed by atoms with Gasteiger partial charge in [-0.2, -0.15) is 0 Å². The molecular weight excluding hydrogens is 162 g/mol. The SMILES string of the molecule is CCCCCn1ccc(C)cc1=O. The molecule has 0 unspecified atom stereocenters. The smallest absolute Gasteiger partial charge is 0.250 e. The summed E-state index contributed by atoms with van der Waals surface area (Å²) in [6, 6.07) is 3.67. The normalized spacial score (nSPS) is 10.3. The van der Waals surface area contributed by atoms with E-state index in [1.807, 2.05) is 19.2 Å². The van der Waals surface area contributed by atoms with Crippen molar-refractivity contribution in [2.75, 3.05) is 0 Å². The molecule has 0 atom stereocenters. The largest absolute Gasteiger partial charge is 0.316 e. The zero-order chi connectivity index (χ0) is 9.68. The van der Waals surface area contributed by atoms with Gasteiger partial charge in [0.15, 0.2) is 0 Å². The maximum atomic E-state index is 11.4. The van der Waals surface area contributed by atoms with Gasteiger partial charge in [-0.25, -0.2) is 0 Å². The van der Waals surface area contributed by atoms with Crippen LogP contribution in [-0.4, -0.2) is 4.57 Å². The molecule has 0 N–H and O–H groups in total. The lowest BCUT2D eigenvalue weighted by Crippen LogP contribution is -2.18. The predicted octanol–water partition coefficient (Wildman–Crippen LogP) is 2.35. The average molecular weight is 179 g/mol. The monoisotopic (exact) mass is 179 g/mol. The number of aromatic nitrogens is 1. The first-order valence-electron chi connectivity index (χ1n) is 4.91. The Morgan fingerprint density at radius 2 is 2.15 bits per heavy atom. The van der Waals surface area contributed by atoms with Crippen LogP contribution in [0.15, 0.2) is 23.1 Å². The summed E-state index contributed by atoms with van der Waals surface area (Å²) in [6.45, 7) is 4.96. The van der Waals surface area contributed by atoms with Crippen molar-refractivity contribution < 1.29 is 0 Å². The number of hydrogen-bond acceptors (Lipinski definition) is 1. The van der Waals surface area contributed by atoms with E-state index in [0.717, 1.165) is 18.5 Å². The van der Waals surface area contributed by atoms with Crippen molar-refractivity contribution in [3.8, 4) is 0 Å². The van der Waals surface area contributed by atoms with Gasteiger partial charge in [0, 0.05) is 18.8 Å². The standard InChI is InChI=1S/C11H17NO/c1-3-4-5-7-12-8-6-10(2)9-11(12)13/h6,8-9H,3-5,7H2,1-2H3. The lowest BCUT2D eigenvalue weighted by molar-refractivity contribution is 0.587. The van der Waals surface area contributed by atoms with Crippen molar-refractivity contribution >= 4 is 0 Å². The highest BCUT2D eigenvalue weighted by molar-refractivity contribution is 5.07. The van der Waals surface area contributed by atoms with Gasteiger partial charge in [0.2, 0.25) is 0 Å². The summed E-state index contributed by atoms with van der Waals surface area (Å²) in [5.41, 5.74) is 1.16. The number of pyridine rings is 1. The van der Waals surface area contributed by atoms with Crippen LogP contribution in [0.25, 0.3) is 0 Å². The molecule has 1 heterocycles. The maximum absolute atomic E-state index is 11.4. The molecule has 0 amide bonds. The molecule has 0 radical (unpaired) electrons. The molecule has 0 aliphatic carbocycles. The Bertz CT molecular complexity index is 314. The Balaban J connectivity index is 2.62. The fourth-order valence-corrected chi connectivity index (χ4v) is 1.32. The van der Waals surface area contributed by atoms with Crippen LogP contribution in [0.1, 0.15) is 31.7 Å². The Kier molecular flexibility index (Phi) is 3.74. The van der Waals surface area contributed by atoms with E-state index in [9.17, 15) is 4.79 Å². The quantitative estimate of drug-likeness (QED) is 0.650. The molecule has 0 bridgehead atoms. The minimum Gasteiger partial charge on any atom is -0.316 e. The zero-order valence-corrected chi connectivity index (χ0v) is 8.42. The summed E-state index contributed by atoms with van der Waals surface area (Å²) in [4.78, 5) is 11.4. The van der Waals surface area contributed by atoms with Crippen LogP contribution in [0.3, 0.4) is 0 Å². The van der Waals surface area contributed by atoms with E-state index in [-0.39, 0.29) is 5.56 Å². The van der Waals surface area contributed by atoms with Crippen LogP contribution in [0.5, 0.6) is 0 Å². The number of unbranched alkanes of at least 4 members (excludes halogenated alkanes) is 2. The second-order valence-electron chi connectivity index (χ2n) is 3.44. The number of rotatable bonds is 4. The van der Waals surface area contributed by atoms with Crippen molar-refractivity contribution in [2.45, 2.75) is 39.7 Å². The van der Waals surface area contributed by atoms with E-state index in [4.69, 9.17) is 0 Å². The third-order valence-corrected chi connectivity index (χ3v) is 2.15.